The van der Waals surface area contributed by atoms with Crippen molar-refractivity contribution in [3.05, 3.63) is 34.9 Å². The van der Waals surface area contributed by atoms with Gasteiger partial charge in [-0.2, -0.15) is 0 Å². The number of hydrogen-bond donors (Lipinski definition) is 2. The van der Waals surface area contributed by atoms with Gasteiger partial charge in [-0.05, 0) is 49.9 Å². The van der Waals surface area contributed by atoms with Crippen molar-refractivity contribution in [3.63, 3.8) is 0 Å². The molecule has 0 aliphatic heterocycles. The molecule has 0 aliphatic rings. The van der Waals surface area contributed by atoms with Crippen molar-refractivity contribution >= 4 is 5.97 Å². The Balaban J connectivity index is 2.58. The minimum atomic E-state index is -0.766. The van der Waals surface area contributed by atoms with Crippen LogP contribution in [0.15, 0.2) is 18.2 Å². The number of nitrogens with one attached hydrogen (secondary N) is 1. The van der Waals surface area contributed by atoms with Crippen LogP contribution in [0.1, 0.15) is 29.5 Å². The first kappa shape index (κ1) is 16.7. The van der Waals surface area contributed by atoms with Crippen molar-refractivity contribution in [2.45, 2.75) is 39.2 Å². The third-order valence-corrected chi connectivity index (χ3v) is 3.43. The third-order valence-electron chi connectivity index (χ3n) is 3.43. The molecular weight excluding hydrogens is 254 g/mol. The number of carboxylic acids is 1. The van der Waals surface area contributed by atoms with Gasteiger partial charge in [0, 0.05) is 19.8 Å². The zero-order chi connectivity index (χ0) is 15.0. The van der Waals surface area contributed by atoms with Crippen molar-refractivity contribution in [2.75, 3.05) is 20.3 Å². The average molecular weight is 279 g/mol. The Labute approximate surface area is 121 Å². The van der Waals surface area contributed by atoms with Crippen molar-refractivity contribution < 1.29 is 14.6 Å². The highest BCUT2D eigenvalue weighted by Crippen LogP contribution is 2.12. The summed E-state index contributed by atoms with van der Waals surface area (Å²) >= 11 is 0. The largest absolute Gasteiger partial charge is 0.481 e. The molecule has 4 nitrogen and oxygen atoms in total. The van der Waals surface area contributed by atoms with Crippen LogP contribution in [0.2, 0.25) is 0 Å². The van der Waals surface area contributed by atoms with E-state index >= 15 is 0 Å². The maximum absolute atomic E-state index is 10.9. The molecule has 0 saturated carbocycles. The van der Waals surface area contributed by atoms with Crippen molar-refractivity contribution in [2.24, 2.45) is 0 Å². The summed E-state index contributed by atoms with van der Waals surface area (Å²) < 4.78 is 5.00. The molecule has 0 spiro atoms. The third kappa shape index (κ3) is 6.17. The number of aryl methyl sites for hydroxylation is 2. The van der Waals surface area contributed by atoms with Crippen LogP contribution >= 0.6 is 0 Å². The van der Waals surface area contributed by atoms with Crippen molar-refractivity contribution in [1.82, 2.24) is 5.32 Å². The van der Waals surface area contributed by atoms with Gasteiger partial charge in [0.05, 0.1) is 6.42 Å². The van der Waals surface area contributed by atoms with E-state index in [0.717, 1.165) is 19.4 Å². The standard InChI is InChI=1S/C16H25NO3/c1-12-5-6-14(9-13(12)2)10-15(11-16(18)19)17-7-4-8-20-3/h5-6,9,15,17H,4,7-8,10-11H2,1-3H3,(H,18,19). The van der Waals surface area contributed by atoms with Gasteiger partial charge in [-0.15, -0.1) is 0 Å². The summed E-state index contributed by atoms with van der Waals surface area (Å²) in [5, 5.41) is 12.3. The number of rotatable bonds is 9. The van der Waals surface area contributed by atoms with E-state index in [9.17, 15) is 4.79 Å². The van der Waals surface area contributed by atoms with Crippen LogP contribution < -0.4 is 5.32 Å². The lowest BCUT2D eigenvalue weighted by atomic mass is 9.99. The Bertz CT molecular complexity index is 432. The molecule has 0 aliphatic carbocycles. The summed E-state index contributed by atoms with van der Waals surface area (Å²) in [5.74, 6) is -0.766. The normalized spacial score (nSPS) is 12.3. The fourth-order valence-corrected chi connectivity index (χ4v) is 2.16. The van der Waals surface area contributed by atoms with Gasteiger partial charge in [-0.3, -0.25) is 4.79 Å². The lowest BCUT2D eigenvalue weighted by Crippen LogP contribution is -2.34. The molecule has 0 bridgehead atoms. The van der Waals surface area contributed by atoms with Gasteiger partial charge in [-0.1, -0.05) is 18.2 Å². The van der Waals surface area contributed by atoms with E-state index in [1.807, 2.05) is 0 Å². The molecule has 0 amide bonds. The van der Waals surface area contributed by atoms with E-state index in [1.165, 1.54) is 16.7 Å². The molecule has 0 heterocycles. The smallest absolute Gasteiger partial charge is 0.304 e. The molecule has 1 aromatic rings. The fraction of sp³-hybridized carbons (Fsp3) is 0.562. The van der Waals surface area contributed by atoms with Gasteiger partial charge in [0.15, 0.2) is 0 Å². The van der Waals surface area contributed by atoms with Crippen LogP contribution in [0, 0.1) is 13.8 Å². The van der Waals surface area contributed by atoms with E-state index in [-0.39, 0.29) is 12.5 Å². The zero-order valence-electron chi connectivity index (χ0n) is 12.6. The van der Waals surface area contributed by atoms with Gasteiger partial charge in [-0.25, -0.2) is 0 Å². The Hall–Kier alpha value is -1.39. The summed E-state index contributed by atoms with van der Waals surface area (Å²) in [6.45, 7) is 5.63. The van der Waals surface area contributed by atoms with Gasteiger partial charge in [0.25, 0.3) is 0 Å². The summed E-state index contributed by atoms with van der Waals surface area (Å²) in [6.07, 6.45) is 1.76. The van der Waals surface area contributed by atoms with E-state index in [4.69, 9.17) is 9.84 Å². The summed E-state index contributed by atoms with van der Waals surface area (Å²) in [4.78, 5) is 10.9. The highest BCUT2D eigenvalue weighted by atomic mass is 16.5. The number of hydrogen-bond acceptors (Lipinski definition) is 3. The van der Waals surface area contributed by atoms with Crippen LogP contribution in [-0.2, 0) is 16.0 Å². The predicted molar refractivity (Wildman–Crippen MR) is 80.2 cm³/mol. The SMILES string of the molecule is COCCCNC(CC(=O)O)Cc1ccc(C)c(C)c1. The molecule has 1 atom stereocenters. The molecule has 0 radical (unpaired) electrons. The van der Waals surface area contributed by atoms with Crippen LogP contribution in [-0.4, -0.2) is 37.4 Å². The van der Waals surface area contributed by atoms with E-state index in [2.05, 4.69) is 37.4 Å². The molecule has 20 heavy (non-hydrogen) atoms. The van der Waals surface area contributed by atoms with Gasteiger partial charge in [0.2, 0.25) is 0 Å². The molecular formula is C16H25NO3. The van der Waals surface area contributed by atoms with E-state index in [0.29, 0.717) is 6.61 Å². The number of aliphatic carboxylic acids is 1. The summed E-state index contributed by atoms with van der Waals surface area (Å²) in [5.41, 5.74) is 3.69. The maximum Gasteiger partial charge on any atom is 0.304 e. The lowest BCUT2D eigenvalue weighted by molar-refractivity contribution is -0.137. The number of carbonyl (C=O) groups is 1. The Morgan fingerprint density at radius 3 is 2.70 bits per heavy atom. The molecule has 4 heteroatoms. The highest BCUT2D eigenvalue weighted by Gasteiger charge is 2.13. The van der Waals surface area contributed by atoms with Crippen molar-refractivity contribution in [3.8, 4) is 0 Å². The van der Waals surface area contributed by atoms with Crippen LogP contribution in [0.4, 0.5) is 0 Å². The molecule has 1 aromatic carbocycles. The molecule has 1 unspecified atom stereocenters. The first-order chi connectivity index (χ1) is 9.52. The van der Waals surface area contributed by atoms with Crippen LogP contribution in [0.5, 0.6) is 0 Å². The van der Waals surface area contributed by atoms with Crippen LogP contribution in [0.25, 0.3) is 0 Å². The quantitative estimate of drug-likeness (QED) is 0.681. The first-order valence-electron chi connectivity index (χ1n) is 7.03. The highest BCUT2D eigenvalue weighted by molar-refractivity contribution is 5.67. The average Bonchev–Trinajstić information content (AvgIpc) is 2.38. The summed E-state index contributed by atoms with van der Waals surface area (Å²) in [6, 6.07) is 6.27. The van der Waals surface area contributed by atoms with Gasteiger partial charge < -0.3 is 15.2 Å². The predicted octanol–water partition coefficient (Wildman–Crippen LogP) is 2.32. The second-order valence-electron chi connectivity index (χ2n) is 5.22. The Morgan fingerprint density at radius 1 is 1.35 bits per heavy atom. The molecule has 2 N–H and O–H groups in total. The molecule has 1 rings (SSSR count). The first-order valence-corrected chi connectivity index (χ1v) is 7.03. The maximum atomic E-state index is 10.9. The van der Waals surface area contributed by atoms with E-state index < -0.39 is 5.97 Å². The lowest BCUT2D eigenvalue weighted by Gasteiger charge is -2.17. The zero-order valence-corrected chi connectivity index (χ0v) is 12.6. The second kappa shape index (κ2) is 8.72. The molecule has 0 aromatic heterocycles. The molecule has 0 fully saturated rings. The van der Waals surface area contributed by atoms with Crippen LogP contribution in [0.3, 0.4) is 0 Å². The Morgan fingerprint density at radius 2 is 2.10 bits per heavy atom. The summed E-state index contributed by atoms with van der Waals surface area (Å²) in [7, 11) is 1.67. The number of ether oxygens (including phenoxy) is 1. The number of carboxylic acid groups (broad SMARTS) is 1. The van der Waals surface area contributed by atoms with E-state index in [1.54, 1.807) is 7.11 Å². The van der Waals surface area contributed by atoms with Gasteiger partial charge in [0.1, 0.15) is 0 Å². The second-order valence-corrected chi connectivity index (χ2v) is 5.22. The fourth-order valence-electron chi connectivity index (χ4n) is 2.16. The molecule has 0 saturated heterocycles. The van der Waals surface area contributed by atoms with Crippen molar-refractivity contribution in [1.29, 1.82) is 0 Å². The minimum absolute atomic E-state index is 0.0357. The Kier molecular flexibility index (Phi) is 7.26. The minimum Gasteiger partial charge on any atom is -0.481 e. The number of methoxy groups -OCH3 is 1. The monoisotopic (exact) mass is 279 g/mol. The van der Waals surface area contributed by atoms with Gasteiger partial charge >= 0.3 is 5.97 Å². The topological polar surface area (TPSA) is 58.6 Å². The molecule has 112 valence electrons. The number of benzene rings is 1.